The van der Waals surface area contributed by atoms with Gasteiger partial charge >= 0.3 is 0 Å². The molecule has 10 rings (SSSR count). The fourth-order valence-corrected chi connectivity index (χ4v) is 10.5. The van der Waals surface area contributed by atoms with Gasteiger partial charge in [-0.05, 0) is 108 Å². The maximum atomic E-state index is 7.04. The van der Waals surface area contributed by atoms with E-state index in [1.807, 2.05) is 6.20 Å². The Labute approximate surface area is 468 Å². The molecule has 1 aliphatic rings. The second-order valence-corrected chi connectivity index (χ2v) is 26.1. The fraction of sp³-hybridized carbons (Fsp3) is 0.314. The molecule has 0 unspecified atom stereocenters. The van der Waals surface area contributed by atoms with Gasteiger partial charge in [0.25, 0.3) is 0 Å². The van der Waals surface area contributed by atoms with Crippen molar-refractivity contribution in [2.75, 3.05) is 9.80 Å². The molecule has 1 aliphatic heterocycles. The fourth-order valence-electron chi connectivity index (χ4n) is 10.5. The summed E-state index contributed by atoms with van der Waals surface area (Å²) in [6.45, 7) is 38.9. The smallest absolute Gasteiger partial charge is 0.135 e. The zero-order valence-electron chi connectivity index (χ0n) is 47.6. The number of benzene rings is 7. The summed E-state index contributed by atoms with van der Waals surface area (Å²) in [4.78, 5) is 9.70. The standard InChI is InChI=1S/C70H75N4O.Pt/c1-65(2,3)48-33-34-71-64(42-48)74-60-31-27-49(69(13,14)46-23-19-17-20-24-46)40-59(60)58-30-29-56(44-62(58)74)75-57-39-53(68(10,11)12)38-55(43-57)72-45-73(54-36-51(66(4,5)6)35-52(37-54)67(7,8)9)63-41-50(28-32-61(63)72)70(15,16)47-25-21-18-22-26-47;/h17-42,45H,1-16H3;/q-3;. The van der Waals surface area contributed by atoms with E-state index in [1.54, 1.807) is 0 Å². The monoisotopic (exact) mass is 1180 g/mol. The van der Waals surface area contributed by atoms with Crippen LogP contribution in [0.4, 0.5) is 22.7 Å². The molecule has 0 radical (unpaired) electrons. The zero-order valence-corrected chi connectivity index (χ0v) is 49.9. The van der Waals surface area contributed by atoms with Crippen LogP contribution in [0.25, 0.3) is 27.6 Å². The average molecular weight is 1180 g/mol. The first kappa shape index (κ1) is 54.4. The molecule has 0 saturated carbocycles. The van der Waals surface area contributed by atoms with Crippen molar-refractivity contribution < 1.29 is 25.8 Å². The maximum Gasteiger partial charge on any atom is 0.135 e. The van der Waals surface area contributed by atoms with Gasteiger partial charge in [-0.1, -0.05) is 201 Å². The van der Waals surface area contributed by atoms with Gasteiger partial charge in [0.15, 0.2) is 0 Å². The summed E-state index contributed by atoms with van der Waals surface area (Å²) in [7, 11) is 0. The first-order chi connectivity index (χ1) is 35.2. The SMILES string of the molecule is CC(C)(C)c1cc(Oc2[c-]c3c(cc2)c2cc(C(C)(C)c4ccccc4)ccc2n3-c2cc(C(C)(C)C)ccn2)[c-]c(N2[CH-]N(c3cc(C(C)(C)C)cc(C(C)(C)C)c3)c3cc(C(C)(C)c4ccccc4)ccc32)c1.[Pt]. The first-order valence-corrected chi connectivity index (χ1v) is 26.8. The number of hydrogen-bond donors (Lipinski definition) is 0. The Bertz CT molecular complexity index is 3560. The summed E-state index contributed by atoms with van der Waals surface area (Å²) in [6, 6.07) is 63.2. The minimum atomic E-state index is -0.242. The van der Waals surface area contributed by atoms with Crippen molar-refractivity contribution in [1.82, 2.24) is 9.55 Å². The molecule has 0 bridgehead atoms. The molecule has 0 saturated heterocycles. The zero-order chi connectivity index (χ0) is 53.6. The minimum absolute atomic E-state index is 0. The van der Waals surface area contributed by atoms with Crippen LogP contribution < -0.4 is 14.5 Å². The first-order valence-electron chi connectivity index (χ1n) is 26.8. The van der Waals surface area contributed by atoms with E-state index in [-0.39, 0.29) is 53.6 Å². The van der Waals surface area contributed by atoms with E-state index in [9.17, 15) is 0 Å². The van der Waals surface area contributed by atoms with Crippen LogP contribution >= 0.6 is 0 Å². The van der Waals surface area contributed by atoms with Crippen molar-refractivity contribution in [3.8, 4) is 17.3 Å². The Kier molecular flexibility index (Phi) is 14.0. The Morgan fingerprint density at radius 2 is 0.974 bits per heavy atom. The molecular weight excluding hydrogens is 1110 g/mol. The van der Waals surface area contributed by atoms with Gasteiger partial charge in [-0.25, -0.2) is 4.98 Å². The number of aromatic nitrogens is 2. The Balaban J connectivity index is 0.00000706. The van der Waals surface area contributed by atoms with E-state index in [2.05, 4.69) is 296 Å². The maximum absolute atomic E-state index is 7.04. The van der Waals surface area contributed by atoms with E-state index in [4.69, 9.17) is 9.72 Å². The predicted molar refractivity (Wildman–Crippen MR) is 316 cm³/mol. The van der Waals surface area contributed by atoms with E-state index in [0.29, 0.717) is 11.5 Å². The van der Waals surface area contributed by atoms with Gasteiger partial charge in [0, 0.05) is 72.2 Å². The number of hydrogen-bond acceptors (Lipinski definition) is 4. The molecule has 0 atom stereocenters. The predicted octanol–water partition coefficient (Wildman–Crippen LogP) is 18.8. The molecule has 0 fully saturated rings. The Morgan fingerprint density at radius 1 is 0.421 bits per heavy atom. The normalized spacial score (nSPS) is 13.6. The summed E-state index contributed by atoms with van der Waals surface area (Å²) in [5.41, 5.74) is 15.3. The van der Waals surface area contributed by atoms with Crippen LogP contribution in [0.3, 0.4) is 0 Å². The molecule has 5 nitrogen and oxygen atoms in total. The molecule has 394 valence electrons. The van der Waals surface area contributed by atoms with E-state index >= 15 is 0 Å². The van der Waals surface area contributed by atoms with Crippen LogP contribution in [0.15, 0.2) is 158 Å². The van der Waals surface area contributed by atoms with Crippen LogP contribution in [-0.4, -0.2) is 9.55 Å². The van der Waals surface area contributed by atoms with Crippen molar-refractivity contribution in [2.45, 2.75) is 143 Å². The number of nitrogens with zero attached hydrogens (tertiary/aromatic N) is 4. The van der Waals surface area contributed by atoms with Crippen LogP contribution in [0.5, 0.6) is 11.5 Å². The number of pyridine rings is 1. The summed E-state index contributed by atoms with van der Waals surface area (Å²) in [6.07, 6.45) is 1.93. The molecule has 6 heteroatoms. The molecule has 2 aromatic heterocycles. The van der Waals surface area contributed by atoms with Crippen LogP contribution in [-0.2, 0) is 53.6 Å². The summed E-state index contributed by atoms with van der Waals surface area (Å²) < 4.78 is 9.30. The second kappa shape index (κ2) is 19.5. The third-order valence-electron chi connectivity index (χ3n) is 15.8. The third kappa shape index (κ3) is 10.3. The summed E-state index contributed by atoms with van der Waals surface area (Å²) >= 11 is 0. The summed E-state index contributed by atoms with van der Waals surface area (Å²) in [5.74, 6) is 2.07. The van der Waals surface area contributed by atoms with Gasteiger partial charge in [0.2, 0.25) is 0 Å². The van der Waals surface area contributed by atoms with Gasteiger partial charge < -0.3 is 19.1 Å². The van der Waals surface area contributed by atoms with Gasteiger partial charge in [-0.3, -0.25) is 0 Å². The molecule has 0 N–H and O–H groups in total. The van der Waals surface area contributed by atoms with Gasteiger partial charge in [0.05, 0.1) is 0 Å². The van der Waals surface area contributed by atoms with Crippen molar-refractivity contribution in [2.24, 2.45) is 0 Å². The molecule has 0 aliphatic carbocycles. The van der Waals surface area contributed by atoms with Gasteiger partial charge in [0.1, 0.15) is 5.82 Å². The minimum Gasteiger partial charge on any atom is -0.509 e. The quantitative estimate of drug-likeness (QED) is 0.135. The molecule has 0 spiro atoms. The van der Waals surface area contributed by atoms with Crippen LogP contribution in [0.1, 0.15) is 155 Å². The molecule has 76 heavy (non-hydrogen) atoms. The molecule has 3 heterocycles. The average Bonchev–Trinajstić information content (AvgIpc) is 3.96. The molecule has 7 aromatic carbocycles. The van der Waals surface area contributed by atoms with Crippen molar-refractivity contribution in [3.05, 3.63) is 221 Å². The van der Waals surface area contributed by atoms with E-state index in [0.717, 1.165) is 55.9 Å². The van der Waals surface area contributed by atoms with Crippen molar-refractivity contribution in [1.29, 1.82) is 0 Å². The largest absolute Gasteiger partial charge is 0.509 e. The van der Waals surface area contributed by atoms with Gasteiger partial charge in [-0.15, -0.1) is 53.6 Å². The van der Waals surface area contributed by atoms with Crippen molar-refractivity contribution in [3.63, 3.8) is 0 Å². The van der Waals surface area contributed by atoms with Gasteiger partial charge in [-0.2, -0.15) is 6.07 Å². The van der Waals surface area contributed by atoms with E-state index < -0.39 is 0 Å². The summed E-state index contributed by atoms with van der Waals surface area (Å²) in [5, 5.41) is 2.23. The van der Waals surface area contributed by atoms with Crippen molar-refractivity contribution >= 4 is 44.6 Å². The number of ether oxygens (including phenoxy) is 1. The molecular formula is C70H75N4OPt-3. The topological polar surface area (TPSA) is 33.5 Å². The molecule has 0 amide bonds. The van der Waals surface area contributed by atoms with E-state index in [1.165, 1.54) is 38.9 Å². The third-order valence-corrected chi connectivity index (χ3v) is 15.8. The number of anilines is 4. The number of fused-ring (bicyclic) bond motifs is 4. The van der Waals surface area contributed by atoms with Crippen LogP contribution in [0, 0.1) is 18.8 Å². The molecule has 9 aromatic rings. The van der Waals surface area contributed by atoms with Crippen LogP contribution in [0.2, 0.25) is 0 Å². The number of rotatable bonds is 9. The Hall–Kier alpha value is -6.42. The Morgan fingerprint density at radius 3 is 1.55 bits per heavy atom. The second-order valence-electron chi connectivity index (χ2n) is 26.1.